The molecule has 0 saturated carbocycles. The fraction of sp³-hybridized carbons (Fsp3) is 0.118. The Hall–Kier alpha value is -1.73. The molecule has 3 rings (SSSR count). The van der Waals surface area contributed by atoms with Gasteiger partial charge in [-0.2, -0.15) is 0 Å². The highest BCUT2D eigenvalue weighted by atomic mass is 35.5. The van der Waals surface area contributed by atoms with Crippen LogP contribution in [0.5, 0.6) is 0 Å². The molecular formula is C17H13Cl3N4OS. The number of aryl methyl sites for hydroxylation is 1. The second-order valence-electron chi connectivity index (χ2n) is 5.30. The van der Waals surface area contributed by atoms with Gasteiger partial charge in [0.05, 0.1) is 16.5 Å². The molecule has 0 radical (unpaired) electrons. The standard InChI is InChI=1S/C17H13Cl3N4OS/c1-10-22-23-17(24(10)13-5-2-11(18)3-6-13)26-9-16(25)21-15-7-4-12(19)8-14(15)20/h2-8H,9H2,1H3,(H,21,25). The maximum atomic E-state index is 12.2. The number of nitrogens with one attached hydrogen (secondary N) is 1. The Bertz CT molecular complexity index is 944. The average molecular weight is 428 g/mol. The van der Waals surface area contributed by atoms with E-state index in [0.717, 1.165) is 11.5 Å². The van der Waals surface area contributed by atoms with Crippen LogP contribution in [-0.4, -0.2) is 26.4 Å². The number of nitrogens with zero attached hydrogens (tertiary/aromatic N) is 3. The number of hydrogen-bond acceptors (Lipinski definition) is 4. The van der Waals surface area contributed by atoms with Crippen LogP contribution in [0.15, 0.2) is 47.6 Å². The van der Waals surface area contributed by atoms with Crippen LogP contribution in [-0.2, 0) is 4.79 Å². The van der Waals surface area contributed by atoms with Crippen molar-refractivity contribution in [2.75, 3.05) is 11.1 Å². The van der Waals surface area contributed by atoms with Crippen molar-refractivity contribution in [1.29, 1.82) is 0 Å². The number of rotatable bonds is 5. The topological polar surface area (TPSA) is 59.8 Å². The average Bonchev–Trinajstić information content (AvgIpc) is 2.97. The second kappa shape index (κ2) is 8.31. The van der Waals surface area contributed by atoms with E-state index >= 15 is 0 Å². The summed E-state index contributed by atoms with van der Waals surface area (Å²) in [5.74, 6) is 0.670. The van der Waals surface area contributed by atoms with Gasteiger partial charge in [-0.05, 0) is 49.4 Å². The fourth-order valence-corrected chi connectivity index (χ4v) is 3.61. The third kappa shape index (κ3) is 4.51. The fourth-order valence-electron chi connectivity index (χ4n) is 2.23. The number of hydrogen-bond donors (Lipinski definition) is 1. The van der Waals surface area contributed by atoms with Crippen molar-refractivity contribution in [3.63, 3.8) is 0 Å². The highest BCUT2D eigenvalue weighted by molar-refractivity contribution is 7.99. The lowest BCUT2D eigenvalue weighted by molar-refractivity contribution is -0.113. The Morgan fingerprint density at radius 3 is 2.46 bits per heavy atom. The quantitative estimate of drug-likeness (QED) is 0.564. The molecule has 0 atom stereocenters. The van der Waals surface area contributed by atoms with Crippen LogP contribution < -0.4 is 5.32 Å². The Labute approximate surface area is 169 Å². The number of amides is 1. The zero-order valence-corrected chi connectivity index (χ0v) is 16.6. The third-order valence-electron chi connectivity index (χ3n) is 3.42. The van der Waals surface area contributed by atoms with Crippen molar-refractivity contribution in [2.24, 2.45) is 0 Å². The molecule has 0 unspecified atom stereocenters. The van der Waals surface area contributed by atoms with Gasteiger partial charge in [0.2, 0.25) is 5.91 Å². The van der Waals surface area contributed by atoms with Gasteiger partial charge in [-0.15, -0.1) is 10.2 Å². The van der Waals surface area contributed by atoms with Crippen LogP contribution in [0.4, 0.5) is 5.69 Å². The largest absolute Gasteiger partial charge is 0.324 e. The van der Waals surface area contributed by atoms with Crippen LogP contribution in [0.2, 0.25) is 15.1 Å². The molecule has 0 aliphatic heterocycles. The Morgan fingerprint density at radius 2 is 1.77 bits per heavy atom. The first-order valence-electron chi connectivity index (χ1n) is 7.49. The summed E-state index contributed by atoms with van der Waals surface area (Å²) >= 11 is 19.1. The first kappa shape index (κ1) is 19.0. The first-order valence-corrected chi connectivity index (χ1v) is 9.61. The molecule has 0 fully saturated rings. The molecule has 1 amide bonds. The van der Waals surface area contributed by atoms with E-state index in [0.29, 0.717) is 25.9 Å². The molecular weight excluding hydrogens is 415 g/mol. The number of thioether (sulfide) groups is 1. The van der Waals surface area contributed by atoms with Crippen molar-refractivity contribution in [3.05, 3.63) is 63.4 Å². The lowest BCUT2D eigenvalue weighted by atomic mass is 10.3. The van der Waals surface area contributed by atoms with E-state index in [1.54, 1.807) is 30.3 Å². The molecule has 2 aromatic carbocycles. The van der Waals surface area contributed by atoms with E-state index in [1.807, 2.05) is 23.6 Å². The maximum Gasteiger partial charge on any atom is 0.234 e. The summed E-state index contributed by atoms with van der Waals surface area (Å²) in [5, 5.41) is 13.1. The predicted octanol–water partition coefficient (Wildman–Crippen LogP) is 5.27. The smallest absolute Gasteiger partial charge is 0.234 e. The van der Waals surface area contributed by atoms with Crippen molar-refractivity contribution in [3.8, 4) is 5.69 Å². The summed E-state index contributed by atoms with van der Waals surface area (Å²) in [7, 11) is 0. The molecule has 0 aliphatic rings. The van der Waals surface area contributed by atoms with Gasteiger partial charge in [-0.25, -0.2) is 0 Å². The highest BCUT2D eigenvalue weighted by Gasteiger charge is 2.14. The van der Waals surface area contributed by atoms with Crippen molar-refractivity contribution < 1.29 is 4.79 Å². The van der Waals surface area contributed by atoms with E-state index in [-0.39, 0.29) is 11.7 Å². The van der Waals surface area contributed by atoms with Crippen LogP contribution in [0.3, 0.4) is 0 Å². The van der Waals surface area contributed by atoms with Crippen molar-refractivity contribution in [2.45, 2.75) is 12.1 Å². The minimum absolute atomic E-state index is 0.157. The van der Waals surface area contributed by atoms with Crippen LogP contribution in [0.25, 0.3) is 5.69 Å². The SMILES string of the molecule is Cc1nnc(SCC(=O)Nc2ccc(Cl)cc2Cl)n1-c1ccc(Cl)cc1. The van der Waals surface area contributed by atoms with E-state index in [4.69, 9.17) is 34.8 Å². The Balaban J connectivity index is 1.70. The Kier molecular flexibility index (Phi) is 6.09. The van der Waals surface area contributed by atoms with E-state index < -0.39 is 0 Å². The zero-order chi connectivity index (χ0) is 18.7. The summed E-state index contributed by atoms with van der Waals surface area (Å²) in [6, 6.07) is 12.2. The normalized spacial score (nSPS) is 10.8. The second-order valence-corrected chi connectivity index (χ2v) is 7.53. The van der Waals surface area contributed by atoms with Gasteiger partial charge >= 0.3 is 0 Å². The van der Waals surface area contributed by atoms with Gasteiger partial charge < -0.3 is 5.32 Å². The molecule has 1 heterocycles. The van der Waals surface area contributed by atoms with E-state index in [1.165, 1.54) is 11.8 Å². The summed E-state index contributed by atoms with van der Waals surface area (Å²) < 4.78 is 1.86. The third-order valence-corrected chi connectivity index (χ3v) is 5.15. The van der Waals surface area contributed by atoms with Gasteiger partial charge in [0, 0.05) is 15.7 Å². The number of carbonyl (C=O) groups is 1. The number of halogens is 3. The van der Waals surface area contributed by atoms with Crippen molar-refractivity contribution in [1.82, 2.24) is 14.8 Å². The Morgan fingerprint density at radius 1 is 1.08 bits per heavy atom. The van der Waals surface area contributed by atoms with Gasteiger partial charge in [-0.1, -0.05) is 46.6 Å². The van der Waals surface area contributed by atoms with Crippen molar-refractivity contribution >= 4 is 58.2 Å². The molecule has 26 heavy (non-hydrogen) atoms. The summed E-state index contributed by atoms with van der Waals surface area (Å²) in [4.78, 5) is 12.2. The molecule has 9 heteroatoms. The predicted molar refractivity (Wildman–Crippen MR) is 107 cm³/mol. The molecule has 1 aromatic heterocycles. The maximum absolute atomic E-state index is 12.2. The molecule has 0 saturated heterocycles. The van der Waals surface area contributed by atoms with Crippen LogP contribution in [0, 0.1) is 6.92 Å². The summed E-state index contributed by atoms with van der Waals surface area (Å²) in [6.45, 7) is 1.85. The van der Waals surface area contributed by atoms with Gasteiger partial charge in [-0.3, -0.25) is 9.36 Å². The number of benzene rings is 2. The van der Waals surface area contributed by atoms with Gasteiger partial charge in [0.1, 0.15) is 5.82 Å². The van der Waals surface area contributed by atoms with Gasteiger partial charge in [0.15, 0.2) is 5.16 Å². The number of anilines is 1. The van der Waals surface area contributed by atoms with E-state index in [2.05, 4.69) is 15.5 Å². The minimum Gasteiger partial charge on any atom is -0.324 e. The molecule has 5 nitrogen and oxygen atoms in total. The van der Waals surface area contributed by atoms with Gasteiger partial charge in [0.25, 0.3) is 0 Å². The highest BCUT2D eigenvalue weighted by Crippen LogP contribution is 2.26. The molecule has 1 N–H and O–H groups in total. The lowest BCUT2D eigenvalue weighted by Crippen LogP contribution is -2.15. The molecule has 0 bridgehead atoms. The summed E-state index contributed by atoms with van der Waals surface area (Å²) in [6.07, 6.45) is 0. The monoisotopic (exact) mass is 426 g/mol. The molecule has 3 aromatic rings. The minimum atomic E-state index is -0.206. The number of aromatic nitrogens is 3. The van der Waals surface area contributed by atoms with Crippen LogP contribution >= 0.6 is 46.6 Å². The lowest BCUT2D eigenvalue weighted by Gasteiger charge is -2.09. The summed E-state index contributed by atoms with van der Waals surface area (Å²) in [5.41, 5.74) is 1.39. The van der Waals surface area contributed by atoms with E-state index in [9.17, 15) is 4.79 Å². The molecule has 0 aliphatic carbocycles. The first-order chi connectivity index (χ1) is 12.4. The molecule has 0 spiro atoms. The molecule has 134 valence electrons. The van der Waals surface area contributed by atoms with Crippen LogP contribution in [0.1, 0.15) is 5.82 Å². The number of carbonyl (C=O) groups excluding carboxylic acids is 1. The zero-order valence-electron chi connectivity index (χ0n) is 13.5.